The number of benzene rings is 1. The highest BCUT2D eigenvalue weighted by Crippen LogP contribution is 2.26. The number of aromatic nitrogens is 4. The summed E-state index contributed by atoms with van der Waals surface area (Å²) in [5, 5.41) is 13.5. The van der Waals surface area contributed by atoms with Gasteiger partial charge in [-0.05, 0) is 52.0 Å². The van der Waals surface area contributed by atoms with E-state index in [4.69, 9.17) is 9.84 Å². The second-order valence-electron chi connectivity index (χ2n) is 5.81. The standard InChI is InChI=1S/C18H18N4O3/c1-10-8-11(2)22(21-10)18-19-13(4)12(3)16(20-18)25-15-7-5-6-14(9-15)17(23)24/h5-9H,1-4H3,(H,23,24). The normalized spacial score (nSPS) is 10.7. The first kappa shape index (κ1) is 16.6. The summed E-state index contributed by atoms with van der Waals surface area (Å²) >= 11 is 0. The molecule has 0 spiro atoms. The molecule has 1 aromatic carbocycles. The van der Waals surface area contributed by atoms with Gasteiger partial charge in [-0.25, -0.2) is 14.5 Å². The zero-order valence-corrected chi connectivity index (χ0v) is 14.4. The lowest BCUT2D eigenvalue weighted by molar-refractivity contribution is 0.0696. The van der Waals surface area contributed by atoms with Gasteiger partial charge in [0.05, 0.1) is 11.3 Å². The molecule has 0 amide bonds. The van der Waals surface area contributed by atoms with Gasteiger partial charge in [0.25, 0.3) is 5.95 Å². The Hall–Kier alpha value is -3.22. The molecule has 25 heavy (non-hydrogen) atoms. The van der Waals surface area contributed by atoms with Crippen LogP contribution in [0, 0.1) is 27.7 Å². The number of hydrogen-bond donors (Lipinski definition) is 1. The van der Waals surface area contributed by atoms with Crippen molar-refractivity contribution in [3.8, 4) is 17.6 Å². The summed E-state index contributed by atoms with van der Waals surface area (Å²) in [4.78, 5) is 20.1. The SMILES string of the molecule is Cc1cc(C)n(-c2nc(C)c(C)c(Oc3cccc(C(=O)O)c3)n2)n1. The summed E-state index contributed by atoms with van der Waals surface area (Å²) < 4.78 is 7.49. The van der Waals surface area contributed by atoms with Crippen molar-refractivity contribution in [3.05, 3.63) is 58.5 Å². The molecule has 0 aliphatic heterocycles. The predicted octanol–water partition coefficient (Wildman–Crippen LogP) is 3.39. The number of hydrogen-bond acceptors (Lipinski definition) is 5. The lowest BCUT2D eigenvalue weighted by Crippen LogP contribution is -2.08. The summed E-state index contributed by atoms with van der Waals surface area (Å²) in [6.07, 6.45) is 0. The third kappa shape index (κ3) is 3.35. The minimum absolute atomic E-state index is 0.153. The van der Waals surface area contributed by atoms with Gasteiger partial charge in [0.2, 0.25) is 5.88 Å². The highest BCUT2D eigenvalue weighted by molar-refractivity contribution is 5.88. The van der Waals surface area contributed by atoms with Gasteiger partial charge in [-0.2, -0.15) is 10.1 Å². The lowest BCUT2D eigenvalue weighted by atomic mass is 10.2. The molecule has 0 saturated heterocycles. The number of rotatable bonds is 4. The molecule has 0 fully saturated rings. The molecule has 2 aromatic heterocycles. The minimum atomic E-state index is -1.01. The monoisotopic (exact) mass is 338 g/mol. The summed E-state index contributed by atoms with van der Waals surface area (Å²) in [5.74, 6) is 0.181. The van der Waals surface area contributed by atoms with Gasteiger partial charge in [-0.1, -0.05) is 6.07 Å². The van der Waals surface area contributed by atoms with Crippen LogP contribution in [0.5, 0.6) is 11.6 Å². The first-order chi connectivity index (χ1) is 11.8. The molecule has 3 aromatic rings. The van der Waals surface area contributed by atoms with Crippen molar-refractivity contribution in [1.82, 2.24) is 19.7 Å². The smallest absolute Gasteiger partial charge is 0.335 e. The fraction of sp³-hybridized carbons (Fsp3) is 0.222. The Morgan fingerprint density at radius 2 is 1.88 bits per heavy atom. The molecule has 128 valence electrons. The average molecular weight is 338 g/mol. The summed E-state index contributed by atoms with van der Waals surface area (Å²) in [6, 6.07) is 8.22. The Kier molecular flexibility index (Phi) is 4.22. The maximum atomic E-state index is 11.1. The van der Waals surface area contributed by atoms with Gasteiger partial charge >= 0.3 is 5.97 Å². The van der Waals surface area contributed by atoms with E-state index in [1.807, 2.05) is 33.8 Å². The van der Waals surface area contributed by atoms with Crippen LogP contribution in [0.15, 0.2) is 30.3 Å². The molecule has 1 N–H and O–H groups in total. The maximum absolute atomic E-state index is 11.1. The Labute approximate surface area is 144 Å². The van der Waals surface area contributed by atoms with E-state index in [1.165, 1.54) is 12.1 Å². The molecule has 2 heterocycles. The first-order valence-electron chi connectivity index (χ1n) is 7.75. The van der Waals surface area contributed by atoms with Crippen LogP contribution < -0.4 is 4.74 Å². The van der Waals surface area contributed by atoms with Crippen LogP contribution in [0.3, 0.4) is 0 Å². The van der Waals surface area contributed by atoms with Crippen molar-refractivity contribution in [2.45, 2.75) is 27.7 Å². The fourth-order valence-electron chi connectivity index (χ4n) is 2.42. The van der Waals surface area contributed by atoms with E-state index in [0.717, 1.165) is 22.6 Å². The predicted molar refractivity (Wildman–Crippen MR) is 91.6 cm³/mol. The quantitative estimate of drug-likeness (QED) is 0.784. The van der Waals surface area contributed by atoms with Crippen LogP contribution in [-0.2, 0) is 0 Å². The highest BCUT2D eigenvalue weighted by atomic mass is 16.5. The fourth-order valence-corrected chi connectivity index (χ4v) is 2.42. The molecule has 7 heteroatoms. The number of carbonyl (C=O) groups is 1. The van der Waals surface area contributed by atoms with E-state index in [0.29, 0.717) is 17.6 Å². The number of aryl methyl sites for hydroxylation is 3. The average Bonchev–Trinajstić information content (AvgIpc) is 2.90. The van der Waals surface area contributed by atoms with Crippen LogP contribution in [-0.4, -0.2) is 30.8 Å². The molecule has 7 nitrogen and oxygen atoms in total. The van der Waals surface area contributed by atoms with E-state index >= 15 is 0 Å². The first-order valence-corrected chi connectivity index (χ1v) is 7.75. The second kappa shape index (κ2) is 6.35. The molecule has 0 aliphatic carbocycles. The summed E-state index contributed by atoms with van der Waals surface area (Å²) in [6.45, 7) is 7.55. The zero-order valence-electron chi connectivity index (χ0n) is 14.4. The summed E-state index contributed by atoms with van der Waals surface area (Å²) in [5.41, 5.74) is 3.49. The molecular formula is C18H18N4O3. The maximum Gasteiger partial charge on any atom is 0.335 e. The van der Waals surface area contributed by atoms with Gasteiger partial charge < -0.3 is 9.84 Å². The van der Waals surface area contributed by atoms with E-state index in [1.54, 1.807) is 16.8 Å². The van der Waals surface area contributed by atoms with Crippen LogP contribution in [0.4, 0.5) is 0 Å². The zero-order chi connectivity index (χ0) is 18.1. The van der Waals surface area contributed by atoms with Gasteiger partial charge in [-0.15, -0.1) is 0 Å². The van der Waals surface area contributed by atoms with Crippen molar-refractivity contribution in [1.29, 1.82) is 0 Å². The van der Waals surface area contributed by atoms with E-state index in [-0.39, 0.29) is 5.56 Å². The van der Waals surface area contributed by atoms with Crippen molar-refractivity contribution in [3.63, 3.8) is 0 Å². The van der Waals surface area contributed by atoms with Crippen LogP contribution in [0.25, 0.3) is 5.95 Å². The van der Waals surface area contributed by atoms with Crippen molar-refractivity contribution >= 4 is 5.97 Å². The molecule has 3 rings (SSSR count). The third-order valence-corrected chi connectivity index (χ3v) is 3.83. The van der Waals surface area contributed by atoms with Gasteiger partial charge in [0, 0.05) is 17.0 Å². The number of ether oxygens (including phenoxy) is 1. The molecule has 0 unspecified atom stereocenters. The van der Waals surface area contributed by atoms with Gasteiger partial charge in [-0.3, -0.25) is 0 Å². The molecule has 0 bridgehead atoms. The Morgan fingerprint density at radius 1 is 1.12 bits per heavy atom. The van der Waals surface area contributed by atoms with E-state index < -0.39 is 5.97 Å². The summed E-state index contributed by atoms with van der Waals surface area (Å²) in [7, 11) is 0. The lowest BCUT2D eigenvalue weighted by Gasteiger charge is -2.12. The number of carboxylic acids is 1. The third-order valence-electron chi connectivity index (χ3n) is 3.83. The van der Waals surface area contributed by atoms with Crippen LogP contribution >= 0.6 is 0 Å². The van der Waals surface area contributed by atoms with Crippen LogP contribution in [0.2, 0.25) is 0 Å². The van der Waals surface area contributed by atoms with Gasteiger partial charge in [0.15, 0.2) is 0 Å². The molecule has 0 aliphatic rings. The minimum Gasteiger partial charge on any atom is -0.478 e. The Morgan fingerprint density at radius 3 is 2.52 bits per heavy atom. The van der Waals surface area contributed by atoms with Gasteiger partial charge in [0.1, 0.15) is 5.75 Å². The van der Waals surface area contributed by atoms with Crippen molar-refractivity contribution < 1.29 is 14.6 Å². The molecule has 0 atom stereocenters. The Balaban J connectivity index is 2.03. The van der Waals surface area contributed by atoms with Crippen LogP contribution in [0.1, 0.15) is 33.0 Å². The molecular weight excluding hydrogens is 320 g/mol. The molecule has 0 radical (unpaired) electrons. The van der Waals surface area contributed by atoms with Crippen molar-refractivity contribution in [2.75, 3.05) is 0 Å². The topological polar surface area (TPSA) is 90.1 Å². The van der Waals surface area contributed by atoms with E-state index in [9.17, 15) is 4.79 Å². The molecule has 0 saturated carbocycles. The second-order valence-corrected chi connectivity index (χ2v) is 5.81. The highest BCUT2D eigenvalue weighted by Gasteiger charge is 2.14. The van der Waals surface area contributed by atoms with Crippen molar-refractivity contribution in [2.24, 2.45) is 0 Å². The Bertz CT molecular complexity index is 963. The number of carboxylic acid groups (broad SMARTS) is 1. The number of nitrogens with zero attached hydrogens (tertiary/aromatic N) is 4. The number of aromatic carboxylic acids is 1. The van der Waals surface area contributed by atoms with E-state index in [2.05, 4.69) is 15.1 Å². The largest absolute Gasteiger partial charge is 0.478 e.